The Hall–Kier alpha value is -1.85. The van der Waals surface area contributed by atoms with Gasteiger partial charge < -0.3 is 10.7 Å². The van der Waals surface area contributed by atoms with E-state index < -0.39 is 0 Å². The number of aromatic nitrogens is 4. The van der Waals surface area contributed by atoms with Gasteiger partial charge in [-0.3, -0.25) is 0 Å². The maximum atomic E-state index is 6.15. The summed E-state index contributed by atoms with van der Waals surface area (Å²) in [4.78, 5) is 15.4. The van der Waals surface area contributed by atoms with Crippen molar-refractivity contribution in [1.29, 1.82) is 0 Å². The summed E-state index contributed by atoms with van der Waals surface area (Å²) in [5.41, 5.74) is 7.80. The molecule has 3 rings (SSSR count). The molecular formula is C12H9Cl2N5. The molecule has 0 saturated heterocycles. The molecule has 0 fully saturated rings. The maximum absolute atomic E-state index is 6.15. The van der Waals surface area contributed by atoms with Crippen molar-refractivity contribution in [3.05, 3.63) is 46.0 Å². The Morgan fingerprint density at radius 1 is 1.21 bits per heavy atom. The fourth-order valence-corrected chi connectivity index (χ4v) is 2.23. The lowest BCUT2D eigenvalue weighted by Crippen LogP contribution is -1.93. The predicted octanol–water partition coefficient (Wildman–Crippen LogP) is 2.83. The molecule has 0 saturated carbocycles. The van der Waals surface area contributed by atoms with Gasteiger partial charge in [0.25, 0.3) is 0 Å². The van der Waals surface area contributed by atoms with E-state index in [0.717, 1.165) is 5.56 Å². The van der Waals surface area contributed by atoms with Gasteiger partial charge in [0.05, 0.1) is 10.0 Å². The number of nitrogens with two attached hydrogens (primary N) is 1. The van der Waals surface area contributed by atoms with E-state index in [-0.39, 0.29) is 0 Å². The normalized spacial score (nSPS) is 11.1. The van der Waals surface area contributed by atoms with Crippen molar-refractivity contribution in [3.8, 4) is 0 Å². The molecule has 0 bridgehead atoms. The lowest BCUT2D eigenvalue weighted by atomic mass is 10.1. The smallest absolute Gasteiger partial charge is 0.163 e. The molecule has 0 spiro atoms. The van der Waals surface area contributed by atoms with Gasteiger partial charge in [-0.1, -0.05) is 35.3 Å². The highest BCUT2D eigenvalue weighted by atomic mass is 35.5. The Morgan fingerprint density at radius 2 is 2.05 bits per heavy atom. The molecule has 0 atom stereocenters. The van der Waals surface area contributed by atoms with E-state index in [1.54, 1.807) is 6.07 Å². The number of halogens is 2. The van der Waals surface area contributed by atoms with Crippen LogP contribution in [0.15, 0.2) is 24.5 Å². The van der Waals surface area contributed by atoms with Gasteiger partial charge in [-0.15, -0.1) is 0 Å². The van der Waals surface area contributed by atoms with E-state index in [1.165, 1.54) is 6.33 Å². The number of benzene rings is 1. The second-order valence-corrected chi connectivity index (χ2v) is 4.81. The average molecular weight is 294 g/mol. The van der Waals surface area contributed by atoms with Crippen LogP contribution in [0.1, 0.15) is 11.4 Å². The second kappa shape index (κ2) is 4.68. The zero-order valence-electron chi connectivity index (χ0n) is 9.69. The molecule has 0 aliphatic rings. The first-order valence-corrected chi connectivity index (χ1v) is 6.28. The summed E-state index contributed by atoms with van der Waals surface area (Å²) in [5.74, 6) is 1.07. The van der Waals surface area contributed by atoms with Crippen LogP contribution in [0.5, 0.6) is 0 Å². The first-order valence-electron chi connectivity index (χ1n) is 5.53. The standard InChI is InChI=1S/C12H9Cl2N5/c13-7-3-1-2-6(9(7)14)4-8-18-10-11(15)16-5-17-12(10)19-8/h1-3,5H,4H2,(H3,15,16,17,18,19). The topological polar surface area (TPSA) is 80.5 Å². The van der Waals surface area contributed by atoms with Gasteiger partial charge in [0, 0.05) is 6.42 Å². The van der Waals surface area contributed by atoms with Gasteiger partial charge in [-0.05, 0) is 11.6 Å². The quantitative estimate of drug-likeness (QED) is 0.761. The minimum Gasteiger partial charge on any atom is -0.382 e. The fourth-order valence-electron chi connectivity index (χ4n) is 1.84. The van der Waals surface area contributed by atoms with Crippen molar-refractivity contribution in [2.75, 3.05) is 5.73 Å². The monoisotopic (exact) mass is 293 g/mol. The Labute approximate surface area is 118 Å². The van der Waals surface area contributed by atoms with Gasteiger partial charge >= 0.3 is 0 Å². The molecule has 96 valence electrons. The van der Waals surface area contributed by atoms with Crippen molar-refractivity contribution in [3.63, 3.8) is 0 Å². The van der Waals surface area contributed by atoms with Gasteiger partial charge in [0.2, 0.25) is 0 Å². The number of hydrogen-bond acceptors (Lipinski definition) is 4. The van der Waals surface area contributed by atoms with Crippen LogP contribution in [0.3, 0.4) is 0 Å². The largest absolute Gasteiger partial charge is 0.382 e. The van der Waals surface area contributed by atoms with E-state index in [2.05, 4.69) is 19.9 Å². The lowest BCUT2D eigenvalue weighted by molar-refractivity contribution is 1.03. The molecule has 7 heteroatoms. The number of aromatic amines is 1. The zero-order chi connectivity index (χ0) is 13.4. The molecule has 2 heterocycles. The van der Waals surface area contributed by atoms with Crippen LogP contribution in [0.25, 0.3) is 11.2 Å². The number of anilines is 1. The first-order chi connectivity index (χ1) is 9.15. The van der Waals surface area contributed by atoms with Crippen LogP contribution in [0, 0.1) is 0 Å². The van der Waals surface area contributed by atoms with Gasteiger partial charge in [0.1, 0.15) is 17.7 Å². The summed E-state index contributed by atoms with van der Waals surface area (Å²) in [7, 11) is 0. The Kier molecular flexibility index (Phi) is 3.00. The van der Waals surface area contributed by atoms with Crippen LogP contribution in [-0.4, -0.2) is 19.9 Å². The highest BCUT2D eigenvalue weighted by Gasteiger charge is 2.10. The number of nitrogens with zero attached hydrogens (tertiary/aromatic N) is 3. The Bertz CT molecular complexity index is 753. The zero-order valence-corrected chi connectivity index (χ0v) is 11.2. The van der Waals surface area contributed by atoms with Crippen molar-refractivity contribution in [2.24, 2.45) is 0 Å². The van der Waals surface area contributed by atoms with E-state index in [9.17, 15) is 0 Å². The Morgan fingerprint density at radius 3 is 2.84 bits per heavy atom. The van der Waals surface area contributed by atoms with Gasteiger partial charge in [-0.25, -0.2) is 15.0 Å². The third-order valence-corrected chi connectivity index (χ3v) is 3.61. The van der Waals surface area contributed by atoms with Crippen LogP contribution in [0.2, 0.25) is 10.0 Å². The highest BCUT2D eigenvalue weighted by molar-refractivity contribution is 6.42. The van der Waals surface area contributed by atoms with Crippen LogP contribution in [-0.2, 0) is 6.42 Å². The summed E-state index contributed by atoms with van der Waals surface area (Å²) >= 11 is 12.1. The molecule has 1 aromatic carbocycles. The molecule has 0 radical (unpaired) electrons. The predicted molar refractivity (Wildman–Crippen MR) is 75.4 cm³/mol. The van der Waals surface area contributed by atoms with Crippen molar-refractivity contribution < 1.29 is 0 Å². The maximum Gasteiger partial charge on any atom is 0.163 e. The van der Waals surface area contributed by atoms with Crippen LogP contribution < -0.4 is 5.73 Å². The number of fused-ring (bicyclic) bond motifs is 1. The molecule has 0 aliphatic carbocycles. The van der Waals surface area contributed by atoms with E-state index in [4.69, 9.17) is 28.9 Å². The van der Waals surface area contributed by atoms with Crippen molar-refractivity contribution >= 4 is 40.2 Å². The number of H-pyrrole nitrogens is 1. The minimum absolute atomic E-state index is 0.352. The summed E-state index contributed by atoms with van der Waals surface area (Å²) in [6.45, 7) is 0. The molecule has 0 unspecified atom stereocenters. The summed E-state index contributed by atoms with van der Waals surface area (Å²) in [6.07, 6.45) is 1.92. The summed E-state index contributed by atoms with van der Waals surface area (Å²) in [6, 6.07) is 5.49. The summed E-state index contributed by atoms with van der Waals surface area (Å²) < 4.78 is 0. The second-order valence-electron chi connectivity index (χ2n) is 4.03. The number of hydrogen-bond donors (Lipinski definition) is 2. The van der Waals surface area contributed by atoms with E-state index >= 15 is 0 Å². The average Bonchev–Trinajstić information content (AvgIpc) is 2.79. The van der Waals surface area contributed by atoms with Crippen molar-refractivity contribution in [1.82, 2.24) is 19.9 Å². The van der Waals surface area contributed by atoms with Crippen LogP contribution in [0.4, 0.5) is 5.82 Å². The molecule has 5 nitrogen and oxygen atoms in total. The molecule has 3 N–H and O–H groups in total. The molecule has 0 amide bonds. The number of rotatable bonds is 2. The SMILES string of the molecule is Nc1ncnc2[nH]c(Cc3cccc(Cl)c3Cl)nc12. The number of nitrogen functional groups attached to an aromatic ring is 1. The lowest BCUT2D eigenvalue weighted by Gasteiger charge is -2.03. The first kappa shape index (κ1) is 12.2. The highest BCUT2D eigenvalue weighted by Crippen LogP contribution is 2.27. The Balaban J connectivity index is 2.02. The van der Waals surface area contributed by atoms with E-state index in [1.807, 2.05) is 12.1 Å². The molecular weight excluding hydrogens is 285 g/mol. The third kappa shape index (κ3) is 2.22. The summed E-state index contributed by atoms with van der Waals surface area (Å²) in [5, 5.41) is 1.05. The van der Waals surface area contributed by atoms with Gasteiger partial charge in [-0.2, -0.15) is 0 Å². The fraction of sp³-hybridized carbons (Fsp3) is 0.0833. The third-order valence-electron chi connectivity index (χ3n) is 2.75. The molecule has 2 aromatic heterocycles. The number of imidazole rings is 1. The molecule has 0 aliphatic heterocycles. The van der Waals surface area contributed by atoms with Crippen molar-refractivity contribution in [2.45, 2.75) is 6.42 Å². The van der Waals surface area contributed by atoms with E-state index in [0.29, 0.717) is 39.3 Å². The minimum atomic E-state index is 0.352. The number of nitrogens with one attached hydrogen (secondary N) is 1. The molecule has 19 heavy (non-hydrogen) atoms. The van der Waals surface area contributed by atoms with Gasteiger partial charge in [0.15, 0.2) is 11.5 Å². The molecule has 3 aromatic rings. The van der Waals surface area contributed by atoms with Crippen LogP contribution >= 0.6 is 23.2 Å².